The third-order valence-corrected chi connectivity index (χ3v) is 5.52. The van der Waals surface area contributed by atoms with Crippen LogP contribution in [0.1, 0.15) is 25.1 Å². The molecule has 17 heteroatoms. The van der Waals surface area contributed by atoms with Crippen LogP contribution >= 0.6 is 23.2 Å². The summed E-state index contributed by atoms with van der Waals surface area (Å²) in [7, 11) is -3.05. The van der Waals surface area contributed by atoms with Gasteiger partial charge in [0.2, 0.25) is 0 Å². The van der Waals surface area contributed by atoms with E-state index in [0.717, 1.165) is 7.05 Å². The fourth-order valence-corrected chi connectivity index (χ4v) is 3.94. The van der Waals surface area contributed by atoms with Crippen LogP contribution in [0.25, 0.3) is 5.69 Å². The lowest BCUT2D eigenvalue weighted by Crippen LogP contribution is -2.30. The summed E-state index contributed by atoms with van der Waals surface area (Å²) in [6.07, 6.45) is -6.29. The van der Waals surface area contributed by atoms with Gasteiger partial charge in [0.1, 0.15) is 16.7 Å². The molecule has 0 bridgehead atoms. The minimum absolute atomic E-state index is 0.237. The van der Waals surface area contributed by atoms with Crippen LogP contribution in [0.15, 0.2) is 22.2 Å². The predicted octanol–water partition coefficient (Wildman–Crippen LogP) is 5.67. The zero-order chi connectivity index (χ0) is 26.2. The minimum Gasteiger partial charge on any atom is -0.298 e. The molecule has 1 heterocycles. The molecule has 1 aromatic carbocycles. The van der Waals surface area contributed by atoms with Gasteiger partial charge in [0.05, 0.1) is 21.3 Å². The van der Waals surface area contributed by atoms with Gasteiger partial charge in [0.25, 0.3) is 0 Å². The highest BCUT2D eigenvalue weighted by atomic mass is 35.5. The van der Waals surface area contributed by atoms with E-state index in [9.17, 15) is 40.6 Å². The van der Waals surface area contributed by atoms with Gasteiger partial charge >= 0.3 is 17.8 Å². The molecule has 184 valence electrons. The molecule has 0 saturated heterocycles. The van der Waals surface area contributed by atoms with Crippen LogP contribution in [0.5, 0.6) is 0 Å². The van der Waals surface area contributed by atoms with Gasteiger partial charge in [0, 0.05) is 7.05 Å². The summed E-state index contributed by atoms with van der Waals surface area (Å²) in [5.74, 6) is -0.954. The maximum absolute atomic E-state index is 13.3. The number of oxime groups is 1. The van der Waals surface area contributed by atoms with E-state index in [0.29, 0.717) is 21.7 Å². The molecular formula is C17H11Cl2F6N5O3S. The third kappa shape index (κ3) is 5.62. The average Bonchev–Trinajstić information content (AvgIpc) is 3.07. The van der Waals surface area contributed by atoms with Crippen molar-refractivity contribution >= 4 is 51.6 Å². The maximum Gasteiger partial charge on any atom is 0.476 e. The predicted molar refractivity (Wildman–Crippen MR) is 109 cm³/mol. The van der Waals surface area contributed by atoms with E-state index < -0.39 is 66.3 Å². The largest absolute Gasteiger partial charge is 0.476 e. The van der Waals surface area contributed by atoms with E-state index in [1.165, 1.54) is 19.9 Å². The highest BCUT2D eigenvalue weighted by molar-refractivity contribution is 7.86. The molecule has 1 unspecified atom stereocenters. The molecule has 0 aliphatic carbocycles. The van der Waals surface area contributed by atoms with Crippen LogP contribution in [-0.2, 0) is 21.8 Å². The van der Waals surface area contributed by atoms with Crippen LogP contribution in [0.3, 0.4) is 0 Å². The molecule has 0 N–H and O–H groups in total. The first kappa shape index (κ1) is 27.4. The van der Waals surface area contributed by atoms with Crippen molar-refractivity contribution in [1.29, 1.82) is 5.26 Å². The number of nitriles is 1. The van der Waals surface area contributed by atoms with E-state index in [1.807, 2.05) is 0 Å². The topological polar surface area (TPSA) is 101 Å². The van der Waals surface area contributed by atoms with Crippen LogP contribution in [-0.4, -0.2) is 38.4 Å². The molecule has 0 aliphatic heterocycles. The molecule has 0 radical (unpaired) electrons. The minimum atomic E-state index is -5.41. The number of rotatable bonds is 4. The number of nitrogens with zero attached hydrogens (tertiary/aromatic N) is 5. The Morgan fingerprint density at radius 2 is 1.74 bits per heavy atom. The molecule has 2 aromatic rings. The third-order valence-electron chi connectivity index (χ3n) is 3.77. The molecule has 0 spiro atoms. The quantitative estimate of drug-likeness (QED) is 0.212. The Labute approximate surface area is 199 Å². The molecule has 0 fully saturated rings. The maximum atomic E-state index is 13.3. The Morgan fingerprint density at radius 1 is 1.21 bits per heavy atom. The molecule has 1 aromatic heterocycles. The zero-order valence-electron chi connectivity index (χ0n) is 17.0. The number of hydrogen-bond donors (Lipinski definition) is 0. The van der Waals surface area contributed by atoms with Gasteiger partial charge in [-0.15, -0.1) is 0 Å². The summed E-state index contributed by atoms with van der Waals surface area (Å²) in [6.45, 7) is 2.86. The lowest BCUT2D eigenvalue weighted by Gasteiger charge is -2.20. The number of benzene rings is 1. The van der Waals surface area contributed by atoms with Crippen LogP contribution in [0, 0.1) is 11.3 Å². The Kier molecular flexibility index (Phi) is 7.91. The van der Waals surface area contributed by atoms with Gasteiger partial charge < -0.3 is 0 Å². The Hall–Kier alpha value is -2.83. The Balaban J connectivity index is 2.91. The first-order chi connectivity index (χ1) is 15.5. The summed E-state index contributed by atoms with van der Waals surface area (Å²) in [5.41, 5.74) is -8.15. The smallest absolute Gasteiger partial charge is 0.298 e. The number of carbonyl (C=O) groups excluding carboxylic acids is 1. The normalized spacial score (nSPS) is 12.6. The highest BCUT2D eigenvalue weighted by Crippen LogP contribution is 2.42. The molecule has 2 rings (SSSR count). The summed E-state index contributed by atoms with van der Waals surface area (Å²) in [6, 6.07) is 2.11. The van der Waals surface area contributed by atoms with E-state index in [1.54, 1.807) is 0 Å². The van der Waals surface area contributed by atoms with E-state index in [2.05, 4.69) is 15.1 Å². The second-order valence-electron chi connectivity index (χ2n) is 6.48. The van der Waals surface area contributed by atoms with Crippen LogP contribution in [0.4, 0.5) is 37.0 Å². The Morgan fingerprint density at radius 3 is 2.15 bits per heavy atom. The first-order valence-corrected chi connectivity index (χ1v) is 10.5. The molecule has 1 amide bonds. The monoisotopic (exact) mass is 549 g/mol. The van der Waals surface area contributed by atoms with Gasteiger partial charge in [-0.2, -0.15) is 36.7 Å². The second-order valence-corrected chi connectivity index (χ2v) is 8.70. The van der Waals surface area contributed by atoms with Gasteiger partial charge in [-0.1, -0.05) is 28.4 Å². The van der Waals surface area contributed by atoms with Crippen molar-refractivity contribution < 1.29 is 40.2 Å². The number of hydrogen-bond acceptors (Lipinski definition) is 6. The number of halogens is 8. The fraction of sp³-hybridized carbons (Fsp3) is 0.294. The standard InChI is InChI=1S/C17H11Cl2F6N5O3S/c1-7(2)28-33-15(31)29(3)14-13(34(32)17(23,24)25)11(6-26)27-30(14)12-9(18)4-8(5-10(12)19)16(20,21)22/h4-5H,1-3H3. The fourth-order valence-electron chi connectivity index (χ4n) is 2.41. The number of alkyl halides is 6. The summed E-state index contributed by atoms with van der Waals surface area (Å²) in [5, 5.41) is 14.7. The van der Waals surface area contributed by atoms with Crippen molar-refractivity contribution in [3.05, 3.63) is 33.4 Å². The first-order valence-electron chi connectivity index (χ1n) is 8.54. The van der Waals surface area contributed by atoms with Crippen molar-refractivity contribution in [2.45, 2.75) is 30.4 Å². The van der Waals surface area contributed by atoms with Crippen molar-refractivity contribution in [1.82, 2.24) is 9.78 Å². The summed E-state index contributed by atoms with van der Waals surface area (Å²) in [4.78, 5) is 16.0. The van der Waals surface area contributed by atoms with E-state index in [4.69, 9.17) is 23.2 Å². The van der Waals surface area contributed by atoms with Gasteiger partial charge in [-0.05, 0) is 26.0 Å². The average molecular weight is 550 g/mol. The SMILES string of the molecule is CC(C)=NOC(=O)N(C)c1c(S(=O)C(F)(F)F)c(C#N)nn1-c1c(Cl)cc(C(F)(F)F)cc1Cl. The Bertz CT molecular complexity index is 1210. The zero-order valence-corrected chi connectivity index (χ0v) is 19.4. The lowest BCUT2D eigenvalue weighted by molar-refractivity contribution is -0.137. The molecular weight excluding hydrogens is 539 g/mol. The van der Waals surface area contributed by atoms with Crippen molar-refractivity contribution in [2.75, 3.05) is 11.9 Å². The molecule has 1 atom stereocenters. The number of carbonyl (C=O) groups is 1. The van der Waals surface area contributed by atoms with Gasteiger partial charge in [-0.3, -0.25) is 9.74 Å². The van der Waals surface area contributed by atoms with E-state index in [-0.39, 0.29) is 5.71 Å². The molecule has 0 saturated carbocycles. The summed E-state index contributed by atoms with van der Waals surface area (Å²) < 4.78 is 91.8. The highest BCUT2D eigenvalue weighted by Gasteiger charge is 2.44. The van der Waals surface area contributed by atoms with Crippen LogP contribution in [0.2, 0.25) is 10.0 Å². The number of aromatic nitrogens is 2. The van der Waals surface area contributed by atoms with E-state index >= 15 is 0 Å². The molecule has 0 aliphatic rings. The molecule has 34 heavy (non-hydrogen) atoms. The van der Waals surface area contributed by atoms with Crippen LogP contribution < -0.4 is 4.90 Å². The number of amides is 1. The van der Waals surface area contributed by atoms with Crippen molar-refractivity contribution in [2.24, 2.45) is 5.16 Å². The molecule has 8 nitrogen and oxygen atoms in total. The van der Waals surface area contributed by atoms with Crippen molar-refractivity contribution in [3.8, 4) is 11.8 Å². The lowest BCUT2D eigenvalue weighted by atomic mass is 10.2. The van der Waals surface area contributed by atoms with Gasteiger partial charge in [0.15, 0.2) is 22.3 Å². The second kappa shape index (κ2) is 9.80. The van der Waals surface area contributed by atoms with Gasteiger partial charge in [-0.25, -0.2) is 13.7 Å². The summed E-state index contributed by atoms with van der Waals surface area (Å²) >= 11 is 11.9. The van der Waals surface area contributed by atoms with Crippen molar-refractivity contribution in [3.63, 3.8) is 0 Å². The number of anilines is 1.